The van der Waals surface area contributed by atoms with Gasteiger partial charge in [-0.1, -0.05) is 23.7 Å². The molecule has 0 radical (unpaired) electrons. The van der Waals surface area contributed by atoms with Gasteiger partial charge < -0.3 is 11.1 Å². The maximum atomic E-state index is 13.6. The average molecular weight is 307 g/mol. The topological polar surface area (TPSA) is 55.1 Å². The van der Waals surface area contributed by atoms with Gasteiger partial charge in [-0.3, -0.25) is 4.79 Å². The summed E-state index contributed by atoms with van der Waals surface area (Å²) in [6.07, 6.45) is 0.673. The van der Waals surface area contributed by atoms with Crippen LogP contribution in [0, 0.1) is 12.7 Å². The Kier molecular flexibility index (Phi) is 4.81. The number of amides is 1. The Labute approximate surface area is 127 Å². The number of rotatable bonds is 4. The van der Waals surface area contributed by atoms with Gasteiger partial charge in [-0.05, 0) is 43.2 Å². The second-order valence-electron chi connectivity index (χ2n) is 4.80. The van der Waals surface area contributed by atoms with Crippen molar-refractivity contribution in [1.29, 1.82) is 0 Å². The molecule has 21 heavy (non-hydrogen) atoms. The van der Waals surface area contributed by atoms with Gasteiger partial charge in [0.15, 0.2) is 0 Å². The van der Waals surface area contributed by atoms with E-state index in [-0.39, 0.29) is 17.2 Å². The summed E-state index contributed by atoms with van der Waals surface area (Å²) in [5.41, 5.74) is 7.58. The number of nitrogens with one attached hydrogen (secondary N) is 1. The Balaban J connectivity index is 1.94. The molecule has 0 aliphatic rings. The van der Waals surface area contributed by atoms with Crippen molar-refractivity contribution in [3.05, 3.63) is 63.9 Å². The van der Waals surface area contributed by atoms with Gasteiger partial charge in [-0.2, -0.15) is 0 Å². The van der Waals surface area contributed by atoms with Gasteiger partial charge in [0.1, 0.15) is 5.82 Å². The van der Waals surface area contributed by atoms with Crippen LogP contribution in [0.1, 0.15) is 21.5 Å². The molecule has 2 aromatic carbocycles. The molecule has 0 atom stereocenters. The highest BCUT2D eigenvalue weighted by Gasteiger charge is 2.10. The first kappa shape index (κ1) is 15.3. The maximum Gasteiger partial charge on any atom is 0.251 e. The summed E-state index contributed by atoms with van der Waals surface area (Å²) in [5.74, 6) is -0.813. The second kappa shape index (κ2) is 6.59. The van der Waals surface area contributed by atoms with Crippen molar-refractivity contribution in [2.75, 3.05) is 12.3 Å². The lowest BCUT2D eigenvalue weighted by Gasteiger charge is -2.08. The molecular formula is C16H16ClFN2O. The van der Waals surface area contributed by atoms with E-state index in [2.05, 4.69) is 5.32 Å². The third-order valence-electron chi connectivity index (χ3n) is 3.26. The van der Waals surface area contributed by atoms with Crippen LogP contribution < -0.4 is 11.1 Å². The van der Waals surface area contributed by atoms with Crippen LogP contribution in [0.5, 0.6) is 0 Å². The Morgan fingerprint density at radius 3 is 2.57 bits per heavy atom. The number of hydrogen-bond donors (Lipinski definition) is 2. The maximum absolute atomic E-state index is 13.6. The van der Waals surface area contributed by atoms with Gasteiger partial charge >= 0.3 is 0 Å². The van der Waals surface area contributed by atoms with Crippen LogP contribution in [0.15, 0.2) is 36.4 Å². The predicted octanol–water partition coefficient (Wildman–Crippen LogP) is 3.34. The monoisotopic (exact) mass is 306 g/mol. The number of benzene rings is 2. The number of hydrogen-bond acceptors (Lipinski definition) is 2. The zero-order valence-electron chi connectivity index (χ0n) is 11.6. The Bertz CT molecular complexity index is 633. The lowest BCUT2D eigenvalue weighted by Crippen LogP contribution is -2.26. The minimum Gasteiger partial charge on any atom is -0.398 e. The molecule has 5 heteroatoms. The molecule has 0 aliphatic carbocycles. The van der Waals surface area contributed by atoms with Crippen molar-refractivity contribution in [3.63, 3.8) is 0 Å². The van der Waals surface area contributed by atoms with Crippen LogP contribution in [-0.4, -0.2) is 12.5 Å². The van der Waals surface area contributed by atoms with Crippen molar-refractivity contribution in [2.45, 2.75) is 13.3 Å². The summed E-state index contributed by atoms with van der Waals surface area (Å²) >= 11 is 5.80. The average Bonchev–Trinajstić information content (AvgIpc) is 2.46. The quantitative estimate of drug-likeness (QED) is 0.851. The van der Waals surface area contributed by atoms with E-state index in [0.29, 0.717) is 23.6 Å². The van der Waals surface area contributed by atoms with E-state index >= 15 is 0 Å². The lowest BCUT2D eigenvalue weighted by atomic mass is 10.1. The molecule has 0 aromatic heterocycles. The predicted molar refractivity (Wildman–Crippen MR) is 83.0 cm³/mol. The van der Waals surface area contributed by atoms with Crippen LogP contribution in [0.4, 0.5) is 10.1 Å². The Hall–Kier alpha value is -2.07. The first-order chi connectivity index (χ1) is 9.97. The van der Waals surface area contributed by atoms with Crippen molar-refractivity contribution in [2.24, 2.45) is 0 Å². The summed E-state index contributed by atoms with van der Waals surface area (Å²) < 4.78 is 13.6. The Morgan fingerprint density at radius 1 is 1.29 bits per heavy atom. The van der Waals surface area contributed by atoms with E-state index in [1.54, 1.807) is 19.1 Å². The molecule has 0 saturated heterocycles. The molecule has 110 valence electrons. The first-order valence-electron chi connectivity index (χ1n) is 6.55. The van der Waals surface area contributed by atoms with Crippen molar-refractivity contribution < 1.29 is 9.18 Å². The fourth-order valence-corrected chi connectivity index (χ4v) is 2.03. The molecule has 3 nitrogen and oxygen atoms in total. The summed E-state index contributed by atoms with van der Waals surface area (Å²) in [6.45, 7) is 2.03. The highest BCUT2D eigenvalue weighted by molar-refractivity contribution is 6.30. The second-order valence-corrected chi connectivity index (χ2v) is 5.24. The van der Waals surface area contributed by atoms with E-state index in [9.17, 15) is 9.18 Å². The molecule has 0 spiro atoms. The fraction of sp³-hybridized carbons (Fsp3) is 0.188. The van der Waals surface area contributed by atoms with Gasteiger partial charge in [0, 0.05) is 28.4 Å². The zero-order chi connectivity index (χ0) is 15.4. The molecule has 2 aromatic rings. The highest BCUT2D eigenvalue weighted by atomic mass is 35.5. The summed E-state index contributed by atoms with van der Waals surface area (Å²) in [5, 5.41) is 3.42. The van der Waals surface area contributed by atoms with E-state index in [1.165, 1.54) is 12.1 Å². The number of nitrogens with two attached hydrogens (primary N) is 1. The number of halogens is 2. The minimum atomic E-state index is -0.474. The number of nitrogen functional groups attached to an aromatic ring is 1. The van der Waals surface area contributed by atoms with Crippen LogP contribution in [0.25, 0.3) is 0 Å². The van der Waals surface area contributed by atoms with Gasteiger partial charge in [-0.15, -0.1) is 0 Å². The van der Waals surface area contributed by atoms with Crippen LogP contribution in [0.2, 0.25) is 5.02 Å². The van der Waals surface area contributed by atoms with Crippen LogP contribution >= 0.6 is 11.6 Å². The molecule has 2 rings (SSSR count). The highest BCUT2D eigenvalue weighted by Crippen LogP contribution is 2.17. The molecule has 0 saturated carbocycles. The van der Waals surface area contributed by atoms with Crippen molar-refractivity contribution in [3.8, 4) is 0 Å². The SMILES string of the molecule is Cc1c(N)cc(C(=O)NCCc2ccc(Cl)cc2)cc1F. The van der Waals surface area contributed by atoms with Crippen molar-refractivity contribution >= 4 is 23.2 Å². The zero-order valence-corrected chi connectivity index (χ0v) is 12.4. The van der Waals surface area contributed by atoms with E-state index in [0.717, 1.165) is 5.56 Å². The Morgan fingerprint density at radius 2 is 1.95 bits per heavy atom. The van der Waals surface area contributed by atoms with E-state index < -0.39 is 5.82 Å². The van der Waals surface area contributed by atoms with Crippen molar-refractivity contribution in [1.82, 2.24) is 5.32 Å². The largest absolute Gasteiger partial charge is 0.398 e. The lowest BCUT2D eigenvalue weighted by molar-refractivity contribution is 0.0953. The molecule has 0 unspecified atom stereocenters. The van der Waals surface area contributed by atoms with Gasteiger partial charge in [0.25, 0.3) is 5.91 Å². The molecular weight excluding hydrogens is 291 g/mol. The molecule has 1 amide bonds. The summed E-state index contributed by atoms with van der Waals surface area (Å²) in [7, 11) is 0. The normalized spacial score (nSPS) is 10.4. The van der Waals surface area contributed by atoms with E-state index in [4.69, 9.17) is 17.3 Å². The van der Waals surface area contributed by atoms with Crippen LogP contribution in [0.3, 0.4) is 0 Å². The fourth-order valence-electron chi connectivity index (χ4n) is 1.90. The third-order valence-corrected chi connectivity index (χ3v) is 3.51. The van der Waals surface area contributed by atoms with Gasteiger partial charge in [-0.25, -0.2) is 4.39 Å². The van der Waals surface area contributed by atoms with E-state index in [1.807, 2.05) is 12.1 Å². The third kappa shape index (κ3) is 3.95. The van der Waals surface area contributed by atoms with Gasteiger partial charge in [0.2, 0.25) is 0 Å². The number of carbonyl (C=O) groups excluding carboxylic acids is 1. The molecule has 0 heterocycles. The van der Waals surface area contributed by atoms with Gasteiger partial charge in [0.05, 0.1) is 0 Å². The molecule has 0 bridgehead atoms. The standard InChI is InChI=1S/C16H16ClFN2O/c1-10-14(18)8-12(9-15(10)19)16(21)20-7-6-11-2-4-13(17)5-3-11/h2-5,8-9H,6-7,19H2,1H3,(H,20,21). The first-order valence-corrected chi connectivity index (χ1v) is 6.93. The van der Waals surface area contributed by atoms with Crippen LogP contribution in [-0.2, 0) is 6.42 Å². The molecule has 0 fully saturated rings. The summed E-state index contributed by atoms with van der Waals surface area (Å²) in [6, 6.07) is 10.1. The number of anilines is 1. The molecule has 0 aliphatic heterocycles. The summed E-state index contributed by atoms with van der Waals surface area (Å²) in [4.78, 5) is 12.0. The minimum absolute atomic E-state index is 0.228. The molecule has 3 N–H and O–H groups in total. The smallest absolute Gasteiger partial charge is 0.251 e. The number of carbonyl (C=O) groups is 1.